The summed E-state index contributed by atoms with van der Waals surface area (Å²) < 4.78 is 0. The van der Waals surface area contributed by atoms with E-state index < -0.39 is 0 Å². The normalized spacial score (nSPS) is 20.5. The first kappa shape index (κ1) is 9.01. The minimum Gasteiger partial charge on any atom is -0.396 e. The monoisotopic (exact) mass is 156 g/mol. The molecule has 0 aromatic rings. The molecule has 1 fully saturated rings. The Hall–Kier alpha value is -0.0800. The van der Waals surface area contributed by atoms with Gasteiger partial charge in [-0.25, -0.2) is 0 Å². The van der Waals surface area contributed by atoms with Crippen LogP contribution < -0.4 is 0 Å². The summed E-state index contributed by atoms with van der Waals surface area (Å²) in [5.41, 5.74) is 0. The Morgan fingerprint density at radius 1 is 1.18 bits per heavy atom. The molecule has 1 aliphatic heterocycles. The Bertz CT molecular complexity index is 89.6. The number of hydrogen-bond donors (Lipinski definition) is 1. The Balaban J connectivity index is 1.96. The summed E-state index contributed by atoms with van der Waals surface area (Å²) in [5, 5.41) is 8.56. The van der Waals surface area contributed by atoms with Crippen molar-refractivity contribution in [2.45, 2.75) is 32.1 Å². The van der Waals surface area contributed by atoms with Gasteiger partial charge in [-0.05, 0) is 38.8 Å². The topological polar surface area (TPSA) is 23.5 Å². The zero-order chi connectivity index (χ0) is 7.94. The average molecular weight is 156 g/mol. The first-order valence-corrected chi connectivity index (χ1v) is 4.62. The van der Waals surface area contributed by atoms with Gasteiger partial charge in [-0.2, -0.15) is 0 Å². The van der Waals surface area contributed by atoms with Crippen LogP contribution in [0.3, 0.4) is 0 Å². The van der Waals surface area contributed by atoms with Gasteiger partial charge in [0.15, 0.2) is 0 Å². The summed E-state index contributed by atoms with van der Waals surface area (Å²) in [6, 6.07) is 0. The van der Waals surface area contributed by atoms with E-state index in [0.29, 0.717) is 6.61 Å². The molecule has 0 unspecified atom stereocenters. The van der Waals surface area contributed by atoms with Gasteiger partial charge in [0.25, 0.3) is 0 Å². The second-order valence-corrected chi connectivity index (χ2v) is 3.15. The van der Waals surface area contributed by atoms with Gasteiger partial charge in [0, 0.05) is 13.2 Å². The number of unbranched alkanes of at least 4 members (excludes halogenated alkanes) is 1. The standard InChI is InChI=1S/C9H18NO/c11-9-5-4-8-10-6-2-1-3-7-10/h8,11H,1-7,9H2. The van der Waals surface area contributed by atoms with Gasteiger partial charge >= 0.3 is 0 Å². The maximum absolute atomic E-state index is 8.56. The molecule has 0 aliphatic carbocycles. The molecule has 1 aliphatic rings. The lowest BCUT2D eigenvalue weighted by Crippen LogP contribution is -2.27. The van der Waals surface area contributed by atoms with Gasteiger partial charge < -0.3 is 5.11 Å². The van der Waals surface area contributed by atoms with Crippen LogP contribution in [0.4, 0.5) is 0 Å². The third kappa shape index (κ3) is 3.73. The van der Waals surface area contributed by atoms with E-state index in [9.17, 15) is 0 Å². The quantitative estimate of drug-likeness (QED) is 0.622. The first-order valence-electron chi connectivity index (χ1n) is 4.62. The van der Waals surface area contributed by atoms with Crippen molar-refractivity contribution in [1.29, 1.82) is 0 Å². The molecule has 1 saturated heterocycles. The maximum atomic E-state index is 8.56. The Labute approximate surface area is 69.2 Å². The van der Waals surface area contributed by atoms with Crippen molar-refractivity contribution in [3.8, 4) is 0 Å². The number of aliphatic hydroxyl groups excluding tert-OH is 1. The van der Waals surface area contributed by atoms with Crippen LogP contribution in [0.2, 0.25) is 0 Å². The third-order valence-electron chi connectivity index (χ3n) is 2.14. The highest BCUT2D eigenvalue weighted by Gasteiger charge is 2.08. The number of rotatable bonds is 4. The predicted octanol–water partition coefficient (Wildman–Crippen LogP) is 1.41. The molecule has 0 spiro atoms. The second-order valence-electron chi connectivity index (χ2n) is 3.15. The van der Waals surface area contributed by atoms with Gasteiger partial charge in [0.1, 0.15) is 0 Å². The van der Waals surface area contributed by atoms with Gasteiger partial charge in [-0.15, -0.1) is 0 Å². The van der Waals surface area contributed by atoms with Gasteiger partial charge in [-0.3, -0.25) is 4.90 Å². The summed E-state index contributed by atoms with van der Waals surface area (Å²) in [5.74, 6) is 0. The van der Waals surface area contributed by atoms with Crippen molar-refractivity contribution >= 4 is 0 Å². The second kappa shape index (κ2) is 5.56. The lowest BCUT2D eigenvalue weighted by atomic mass is 10.1. The number of piperidine rings is 1. The summed E-state index contributed by atoms with van der Waals surface area (Å²) in [6.07, 6.45) is 6.03. The minimum atomic E-state index is 0.324. The molecule has 1 rings (SSSR count). The fourth-order valence-corrected chi connectivity index (χ4v) is 1.47. The molecule has 0 aromatic heterocycles. The molecule has 2 heteroatoms. The van der Waals surface area contributed by atoms with Crippen molar-refractivity contribution < 1.29 is 5.11 Å². The van der Waals surface area contributed by atoms with E-state index in [2.05, 4.69) is 11.4 Å². The molecule has 11 heavy (non-hydrogen) atoms. The summed E-state index contributed by atoms with van der Waals surface area (Å²) in [4.78, 5) is 2.39. The largest absolute Gasteiger partial charge is 0.396 e. The molecule has 2 nitrogen and oxygen atoms in total. The highest BCUT2D eigenvalue weighted by atomic mass is 16.2. The van der Waals surface area contributed by atoms with Gasteiger partial charge in [0.2, 0.25) is 0 Å². The summed E-state index contributed by atoms with van der Waals surface area (Å²) in [7, 11) is 0. The van der Waals surface area contributed by atoms with Crippen LogP contribution in [0, 0.1) is 6.54 Å². The van der Waals surface area contributed by atoms with E-state index in [0.717, 1.165) is 12.8 Å². The third-order valence-corrected chi connectivity index (χ3v) is 2.14. The Kier molecular flexibility index (Phi) is 4.55. The summed E-state index contributed by atoms with van der Waals surface area (Å²) in [6.45, 7) is 5.02. The molecule has 1 heterocycles. The minimum absolute atomic E-state index is 0.324. The molecular weight excluding hydrogens is 138 g/mol. The number of likely N-dealkylation sites (tertiary alicyclic amines) is 1. The molecular formula is C9H18NO. The Morgan fingerprint density at radius 2 is 1.91 bits per heavy atom. The van der Waals surface area contributed by atoms with Crippen LogP contribution in [0.1, 0.15) is 32.1 Å². The average Bonchev–Trinajstić information content (AvgIpc) is 2.07. The zero-order valence-electron chi connectivity index (χ0n) is 7.13. The highest BCUT2D eigenvalue weighted by Crippen LogP contribution is 2.11. The number of aliphatic hydroxyl groups is 1. The lowest BCUT2D eigenvalue weighted by Gasteiger charge is -2.25. The first-order chi connectivity index (χ1) is 5.43. The lowest BCUT2D eigenvalue weighted by molar-refractivity contribution is 0.249. The van der Waals surface area contributed by atoms with E-state index >= 15 is 0 Å². The molecule has 0 atom stereocenters. The molecule has 65 valence electrons. The van der Waals surface area contributed by atoms with E-state index in [1.807, 2.05) is 0 Å². The fourth-order valence-electron chi connectivity index (χ4n) is 1.47. The fraction of sp³-hybridized carbons (Fsp3) is 0.889. The molecule has 0 amide bonds. The molecule has 1 radical (unpaired) electrons. The van der Waals surface area contributed by atoms with E-state index in [4.69, 9.17) is 5.11 Å². The van der Waals surface area contributed by atoms with Crippen LogP contribution in [-0.2, 0) is 0 Å². The van der Waals surface area contributed by atoms with Crippen LogP contribution in [-0.4, -0.2) is 29.7 Å². The van der Waals surface area contributed by atoms with E-state index in [1.54, 1.807) is 0 Å². The number of nitrogens with zero attached hydrogens (tertiary/aromatic N) is 1. The summed E-state index contributed by atoms with van der Waals surface area (Å²) >= 11 is 0. The Morgan fingerprint density at radius 3 is 2.55 bits per heavy atom. The maximum Gasteiger partial charge on any atom is 0.0431 e. The molecule has 1 N–H and O–H groups in total. The molecule has 0 saturated carbocycles. The van der Waals surface area contributed by atoms with Crippen molar-refractivity contribution in [1.82, 2.24) is 4.90 Å². The molecule has 0 bridgehead atoms. The molecule has 0 aromatic carbocycles. The van der Waals surface area contributed by atoms with Crippen LogP contribution in [0.5, 0.6) is 0 Å². The van der Waals surface area contributed by atoms with Gasteiger partial charge in [-0.1, -0.05) is 6.42 Å². The van der Waals surface area contributed by atoms with E-state index in [1.165, 1.54) is 32.4 Å². The van der Waals surface area contributed by atoms with Crippen molar-refractivity contribution in [2.75, 3.05) is 19.7 Å². The van der Waals surface area contributed by atoms with Crippen LogP contribution in [0.15, 0.2) is 0 Å². The smallest absolute Gasteiger partial charge is 0.0431 e. The van der Waals surface area contributed by atoms with Crippen molar-refractivity contribution in [3.05, 3.63) is 6.54 Å². The SMILES string of the molecule is OCCC[CH]N1CCCCC1. The van der Waals surface area contributed by atoms with Crippen molar-refractivity contribution in [3.63, 3.8) is 0 Å². The van der Waals surface area contributed by atoms with E-state index in [-0.39, 0.29) is 0 Å². The van der Waals surface area contributed by atoms with Crippen LogP contribution >= 0.6 is 0 Å². The van der Waals surface area contributed by atoms with Gasteiger partial charge in [0.05, 0.1) is 0 Å². The van der Waals surface area contributed by atoms with Crippen molar-refractivity contribution in [2.24, 2.45) is 0 Å². The predicted molar refractivity (Wildman–Crippen MR) is 46.0 cm³/mol. The zero-order valence-corrected chi connectivity index (χ0v) is 7.13. The highest BCUT2D eigenvalue weighted by molar-refractivity contribution is 4.72. The number of hydrogen-bond acceptors (Lipinski definition) is 2. The van der Waals surface area contributed by atoms with Crippen LogP contribution in [0.25, 0.3) is 0 Å².